The van der Waals surface area contributed by atoms with Gasteiger partial charge in [-0.3, -0.25) is 14.5 Å². The van der Waals surface area contributed by atoms with Crippen molar-refractivity contribution in [3.63, 3.8) is 0 Å². The van der Waals surface area contributed by atoms with Gasteiger partial charge in [0.15, 0.2) is 5.65 Å². The van der Waals surface area contributed by atoms with Crippen molar-refractivity contribution >= 4 is 11.0 Å². The van der Waals surface area contributed by atoms with Crippen LogP contribution in [0.5, 0.6) is 5.75 Å². The first kappa shape index (κ1) is 10.5. The average molecular weight is 242 g/mol. The summed E-state index contributed by atoms with van der Waals surface area (Å²) < 4.78 is 6.54. The Hall–Kier alpha value is -2.63. The quantitative estimate of drug-likeness (QED) is 0.730. The van der Waals surface area contributed by atoms with Gasteiger partial charge in [-0.15, -0.1) is 0 Å². The second-order valence-electron chi connectivity index (χ2n) is 3.75. The van der Waals surface area contributed by atoms with Crippen LogP contribution in [0.4, 0.5) is 0 Å². The molecule has 0 atom stereocenters. The maximum Gasteiger partial charge on any atom is 0.269 e. The molecule has 0 aliphatic heterocycles. The molecule has 18 heavy (non-hydrogen) atoms. The van der Waals surface area contributed by atoms with Gasteiger partial charge in [-0.2, -0.15) is 5.10 Å². The van der Waals surface area contributed by atoms with Crippen LogP contribution in [0.15, 0.2) is 41.6 Å². The minimum absolute atomic E-state index is 0.154. The fourth-order valence-electron chi connectivity index (χ4n) is 1.76. The molecule has 3 aromatic rings. The summed E-state index contributed by atoms with van der Waals surface area (Å²) in [7, 11) is 1.60. The zero-order chi connectivity index (χ0) is 12.5. The number of nitrogens with zero attached hydrogens (tertiary/aromatic N) is 3. The molecule has 3 rings (SSSR count). The van der Waals surface area contributed by atoms with E-state index < -0.39 is 0 Å². The van der Waals surface area contributed by atoms with Gasteiger partial charge in [0.05, 0.1) is 19.0 Å². The van der Waals surface area contributed by atoms with E-state index in [0.717, 1.165) is 11.4 Å². The molecular formula is C12H10N4O2. The monoisotopic (exact) mass is 242 g/mol. The lowest BCUT2D eigenvalue weighted by molar-refractivity contribution is 0.414. The lowest BCUT2D eigenvalue weighted by atomic mass is 10.3. The maximum atomic E-state index is 12.2. The Bertz CT molecular complexity index is 743. The van der Waals surface area contributed by atoms with Crippen molar-refractivity contribution < 1.29 is 4.74 Å². The van der Waals surface area contributed by atoms with Gasteiger partial charge in [0.2, 0.25) is 0 Å². The van der Waals surface area contributed by atoms with Gasteiger partial charge in [-0.05, 0) is 24.3 Å². The highest BCUT2D eigenvalue weighted by molar-refractivity contribution is 5.72. The van der Waals surface area contributed by atoms with E-state index in [0.29, 0.717) is 11.0 Å². The Morgan fingerprint density at radius 3 is 2.78 bits per heavy atom. The molecule has 6 heteroatoms. The van der Waals surface area contributed by atoms with Crippen LogP contribution >= 0.6 is 0 Å². The summed E-state index contributed by atoms with van der Waals surface area (Å²) in [6.07, 6.45) is 2.95. The number of aromatic amines is 1. The summed E-state index contributed by atoms with van der Waals surface area (Å²) in [5.74, 6) is 0.740. The molecule has 0 fully saturated rings. The Balaban J connectivity index is 2.18. The number of benzene rings is 1. The smallest absolute Gasteiger partial charge is 0.269 e. The van der Waals surface area contributed by atoms with E-state index in [4.69, 9.17) is 4.74 Å². The third-order valence-electron chi connectivity index (χ3n) is 2.72. The zero-order valence-electron chi connectivity index (χ0n) is 9.62. The van der Waals surface area contributed by atoms with Gasteiger partial charge in [-0.1, -0.05) is 0 Å². The van der Waals surface area contributed by atoms with Crippen LogP contribution in [-0.4, -0.2) is 26.9 Å². The molecule has 0 bridgehead atoms. The lowest BCUT2D eigenvalue weighted by Gasteiger charge is -2.05. The third kappa shape index (κ3) is 1.55. The summed E-state index contributed by atoms with van der Waals surface area (Å²) in [5.41, 5.74) is 1.07. The number of nitrogens with one attached hydrogen (secondary N) is 1. The first-order valence-electron chi connectivity index (χ1n) is 5.35. The molecule has 0 aliphatic carbocycles. The zero-order valence-corrected chi connectivity index (χ0v) is 9.62. The lowest BCUT2D eigenvalue weighted by Crippen LogP contribution is -2.18. The van der Waals surface area contributed by atoms with Crippen molar-refractivity contribution in [3.05, 3.63) is 47.1 Å². The molecule has 1 N–H and O–H groups in total. The molecular weight excluding hydrogens is 232 g/mol. The molecule has 0 radical (unpaired) electrons. The van der Waals surface area contributed by atoms with Crippen molar-refractivity contribution in [3.8, 4) is 11.4 Å². The van der Waals surface area contributed by atoms with Crippen molar-refractivity contribution in [2.24, 2.45) is 0 Å². The summed E-state index contributed by atoms with van der Waals surface area (Å²) in [6, 6.07) is 7.18. The van der Waals surface area contributed by atoms with Crippen LogP contribution < -0.4 is 10.3 Å². The number of aromatic nitrogens is 4. The maximum absolute atomic E-state index is 12.2. The largest absolute Gasteiger partial charge is 0.497 e. The Labute approximate surface area is 102 Å². The van der Waals surface area contributed by atoms with E-state index in [1.54, 1.807) is 31.4 Å². The highest BCUT2D eigenvalue weighted by Crippen LogP contribution is 2.13. The minimum Gasteiger partial charge on any atom is -0.497 e. The van der Waals surface area contributed by atoms with Crippen LogP contribution in [0.3, 0.4) is 0 Å². The number of fused-ring (bicyclic) bond motifs is 1. The topological polar surface area (TPSA) is 72.8 Å². The van der Waals surface area contributed by atoms with E-state index in [2.05, 4.69) is 15.2 Å². The molecule has 0 spiro atoms. The summed E-state index contributed by atoms with van der Waals surface area (Å²) >= 11 is 0. The Morgan fingerprint density at radius 1 is 1.28 bits per heavy atom. The first-order valence-corrected chi connectivity index (χ1v) is 5.35. The number of rotatable bonds is 2. The van der Waals surface area contributed by atoms with Gasteiger partial charge < -0.3 is 4.74 Å². The predicted octanol–water partition coefficient (Wildman–Crippen LogP) is 1.12. The van der Waals surface area contributed by atoms with Gasteiger partial charge in [-0.25, -0.2) is 4.98 Å². The summed E-state index contributed by atoms with van der Waals surface area (Å²) in [6.45, 7) is 0. The molecule has 2 aromatic heterocycles. The van der Waals surface area contributed by atoms with Crippen molar-refractivity contribution in [1.82, 2.24) is 19.7 Å². The summed E-state index contributed by atoms with van der Waals surface area (Å²) in [5, 5.41) is 6.93. The average Bonchev–Trinajstić information content (AvgIpc) is 2.89. The number of hydrogen-bond donors (Lipinski definition) is 1. The molecule has 0 unspecified atom stereocenters. The number of methoxy groups -OCH3 is 1. The highest BCUT2D eigenvalue weighted by atomic mass is 16.5. The highest BCUT2D eigenvalue weighted by Gasteiger charge is 2.06. The molecule has 0 saturated carbocycles. The van der Waals surface area contributed by atoms with E-state index in [1.165, 1.54) is 17.1 Å². The van der Waals surface area contributed by atoms with E-state index in [1.807, 2.05) is 0 Å². The van der Waals surface area contributed by atoms with E-state index in [-0.39, 0.29) is 5.56 Å². The van der Waals surface area contributed by atoms with Crippen molar-refractivity contribution in [2.45, 2.75) is 0 Å². The molecule has 0 aliphatic rings. The number of ether oxygens (including phenoxy) is 1. The SMILES string of the molecule is COc1ccc(-n2cnc3[nH]ncc3c2=O)cc1. The van der Waals surface area contributed by atoms with E-state index >= 15 is 0 Å². The third-order valence-corrected chi connectivity index (χ3v) is 2.72. The van der Waals surface area contributed by atoms with E-state index in [9.17, 15) is 4.79 Å². The second kappa shape index (κ2) is 3.99. The fraction of sp³-hybridized carbons (Fsp3) is 0.0833. The van der Waals surface area contributed by atoms with Crippen LogP contribution in [-0.2, 0) is 0 Å². The molecule has 6 nitrogen and oxygen atoms in total. The number of H-pyrrole nitrogens is 1. The predicted molar refractivity (Wildman–Crippen MR) is 66.0 cm³/mol. The standard InChI is InChI=1S/C12H10N4O2/c1-18-9-4-2-8(3-5-9)16-7-13-11-10(12(16)17)6-14-15-11/h2-7H,1H3,(H,14,15). The fourth-order valence-corrected chi connectivity index (χ4v) is 1.76. The molecule has 2 heterocycles. The van der Waals surface area contributed by atoms with Gasteiger partial charge in [0.25, 0.3) is 5.56 Å². The Kier molecular flexibility index (Phi) is 2.33. The van der Waals surface area contributed by atoms with Gasteiger partial charge in [0, 0.05) is 0 Å². The minimum atomic E-state index is -0.154. The van der Waals surface area contributed by atoms with Crippen molar-refractivity contribution in [2.75, 3.05) is 7.11 Å². The molecule has 0 saturated heterocycles. The molecule has 0 amide bonds. The van der Waals surface area contributed by atoms with Crippen molar-refractivity contribution in [1.29, 1.82) is 0 Å². The molecule has 90 valence electrons. The van der Waals surface area contributed by atoms with Gasteiger partial charge >= 0.3 is 0 Å². The van der Waals surface area contributed by atoms with Gasteiger partial charge in [0.1, 0.15) is 17.5 Å². The first-order chi connectivity index (χ1) is 8.79. The van der Waals surface area contributed by atoms with Crippen LogP contribution in [0, 0.1) is 0 Å². The summed E-state index contributed by atoms with van der Waals surface area (Å²) in [4.78, 5) is 16.3. The van der Waals surface area contributed by atoms with Crippen LogP contribution in [0.1, 0.15) is 0 Å². The molecule has 1 aromatic carbocycles. The normalized spacial score (nSPS) is 10.7. The number of hydrogen-bond acceptors (Lipinski definition) is 4. The van der Waals surface area contributed by atoms with Crippen LogP contribution in [0.2, 0.25) is 0 Å². The second-order valence-corrected chi connectivity index (χ2v) is 3.75. The van der Waals surface area contributed by atoms with Crippen LogP contribution in [0.25, 0.3) is 16.7 Å². The Morgan fingerprint density at radius 2 is 2.06 bits per heavy atom.